The maximum Gasteiger partial charge on any atom is 0.245 e. The van der Waals surface area contributed by atoms with Crippen LogP contribution >= 0.6 is 0 Å². The van der Waals surface area contributed by atoms with Gasteiger partial charge in [-0.2, -0.15) is 0 Å². The van der Waals surface area contributed by atoms with Crippen LogP contribution in [0.3, 0.4) is 0 Å². The highest BCUT2D eigenvalue weighted by Crippen LogP contribution is 2.00. The van der Waals surface area contributed by atoms with Crippen molar-refractivity contribution in [2.24, 2.45) is 0 Å². The molecular weight excluding hydrogens is 166 g/mol. The molecule has 0 saturated carbocycles. The maximum absolute atomic E-state index is 11.3. The average Bonchev–Trinajstić information content (AvgIpc) is 2.14. The van der Waals surface area contributed by atoms with Gasteiger partial charge in [0.25, 0.3) is 0 Å². The van der Waals surface area contributed by atoms with Gasteiger partial charge in [-0.15, -0.1) is 0 Å². The number of hydroxylamine groups is 2. The first-order valence-corrected chi connectivity index (χ1v) is 5.11. The Balaban J connectivity index is 3.45. The van der Waals surface area contributed by atoms with E-state index in [1.807, 2.05) is 0 Å². The molecule has 78 valence electrons. The fourth-order valence-electron chi connectivity index (χ4n) is 0.903. The topological polar surface area (TPSA) is 29.5 Å². The summed E-state index contributed by atoms with van der Waals surface area (Å²) in [4.78, 5) is 16.5. The van der Waals surface area contributed by atoms with Crippen LogP contribution in [0.5, 0.6) is 0 Å². The molecule has 3 heteroatoms. The molecule has 0 aliphatic carbocycles. The van der Waals surface area contributed by atoms with E-state index in [9.17, 15) is 4.79 Å². The second-order valence-electron chi connectivity index (χ2n) is 3.18. The van der Waals surface area contributed by atoms with Crippen LogP contribution in [-0.2, 0) is 9.63 Å². The fourth-order valence-corrected chi connectivity index (χ4v) is 0.903. The average molecular weight is 187 g/mol. The van der Waals surface area contributed by atoms with Crippen LogP contribution in [0.25, 0.3) is 0 Å². The number of hydrogen-bond acceptors (Lipinski definition) is 2. The van der Waals surface area contributed by atoms with Crippen LogP contribution in [-0.4, -0.2) is 24.6 Å². The molecule has 0 heterocycles. The number of hydrogen-bond donors (Lipinski definition) is 0. The normalized spacial score (nSPS) is 10.1. The van der Waals surface area contributed by atoms with Crippen LogP contribution in [0.4, 0.5) is 0 Å². The SMILES string of the molecule is CCCCON(C)C(=O)CCCC. The monoisotopic (exact) mass is 187 g/mol. The van der Waals surface area contributed by atoms with E-state index in [1.165, 1.54) is 5.06 Å². The maximum atomic E-state index is 11.3. The highest BCUT2D eigenvalue weighted by Gasteiger charge is 2.07. The van der Waals surface area contributed by atoms with E-state index in [0.717, 1.165) is 25.7 Å². The van der Waals surface area contributed by atoms with Gasteiger partial charge in [0, 0.05) is 13.5 Å². The third-order valence-electron chi connectivity index (χ3n) is 1.88. The zero-order valence-electron chi connectivity index (χ0n) is 9.01. The van der Waals surface area contributed by atoms with Gasteiger partial charge in [0.05, 0.1) is 6.61 Å². The van der Waals surface area contributed by atoms with E-state index >= 15 is 0 Å². The molecule has 0 aliphatic heterocycles. The molecule has 0 fully saturated rings. The van der Waals surface area contributed by atoms with Crippen molar-refractivity contribution in [1.82, 2.24) is 5.06 Å². The standard InChI is InChI=1S/C10H21NO2/c1-4-6-8-10(12)11(3)13-9-7-5-2/h4-9H2,1-3H3. The summed E-state index contributed by atoms with van der Waals surface area (Å²) in [5.41, 5.74) is 0. The Labute approximate surface area is 81.0 Å². The van der Waals surface area contributed by atoms with Gasteiger partial charge in [-0.25, -0.2) is 5.06 Å². The van der Waals surface area contributed by atoms with Crippen LogP contribution < -0.4 is 0 Å². The van der Waals surface area contributed by atoms with Crippen molar-refractivity contribution < 1.29 is 9.63 Å². The number of rotatable bonds is 7. The van der Waals surface area contributed by atoms with Gasteiger partial charge in [0.2, 0.25) is 5.91 Å². The van der Waals surface area contributed by atoms with Gasteiger partial charge >= 0.3 is 0 Å². The van der Waals surface area contributed by atoms with Crippen LogP contribution in [0.15, 0.2) is 0 Å². The smallest absolute Gasteiger partial charge is 0.245 e. The van der Waals surface area contributed by atoms with E-state index in [-0.39, 0.29) is 5.91 Å². The van der Waals surface area contributed by atoms with Gasteiger partial charge in [-0.05, 0) is 12.8 Å². The van der Waals surface area contributed by atoms with Crippen molar-refractivity contribution >= 4 is 5.91 Å². The van der Waals surface area contributed by atoms with Crippen LogP contribution in [0, 0.1) is 0 Å². The predicted octanol–water partition coefficient (Wildman–Crippen LogP) is 2.37. The van der Waals surface area contributed by atoms with Crippen molar-refractivity contribution in [2.45, 2.75) is 46.0 Å². The molecule has 0 saturated heterocycles. The van der Waals surface area contributed by atoms with Crippen molar-refractivity contribution in [1.29, 1.82) is 0 Å². The summed E-state index contributed by atoms with van der Waals surface area (Å²) in [7, 11) is 1.69. The van der Waals surface area contributed by atoms with E-state index in [1.54, 1.807) is 7.05 Å². The lowest BCUT2D eigenvalue weighted by atomic mass is 10.2. The minimum absolute atomic E-state index is 0.0814. The molecule has 3 nitrogen and oxygen atoms in total. The minimum Gasteiger partial charge on any atom is -0.273 e. The van der Waals surface area contributed by atoms with Crippen LogP contribution in [0.2, 0.25) is 0 Å². The Morgan fingerprint density at radius 2 is 1.85 bits per heavy atom. The zero-order valence-corrected chi connectivity index (χ0v) is 9.01. The summed E-state index contributed by atoms with van der Waals surface area (Å²) >= 11 is 0. The van der Waals surface area contributed by atoms with Gasteiger partial charge in [-0.1, -0.05) is 26.7 Å². The minimum atomic E-state index is 0.0814. The quantitative estimate of drug-likeness (QED) is 0.452. The van der Waals surface area contributed by atoms with Gasteiger partial charge in [0.15, 0.2) is 0 Å². The molecule has 13 heavy (non-hydrogen) atoms. The Morgan fingerprint density at radius 1 is 1.23 bits per heavy atom. The number of carbonyl (C=O) groups is 1. The van der Waals surface area contributed by atoms with Gasteiger partial charge in [-0.3, -0.25) is 9.63 Å². The second-order valence-corrected chi connectivity index (χ2v) is 3.18. The molecule has 0 atom stereocenters. The number of unbranched alkanes of at least 4 members (excludes halogenated alkanes) is 2. The Kier molecular flexibility index (Phi) is 7.69. The van der Waals surface area contributed by atoms with Crippen molar-refractivity contribution in [3.05, 3.63) is 0 Å². The first-order valence-electron chi connectivity index (χ1n) is 5.11. The van der Waals surface area contributed by atoms with Crippen molar-refractivity contribution in [3.8, 4) is 0 Å². The Hall–Kier alpha value is -0.570. The zero-order chi connectivity index (χ0) is 10.1. The molecule has 0 spiro atoms. The molecule has 0 aromatic heterocycles. The van der Waals surface area contributed by atoms with E-state index in [0.29, 0.717) is 13.0 Å². The summed E-state index contributed by atoms with van der Waals surface area (Å²) in [6.07, 6.45) is 4.69. The third kappa shape index (κ3) is 6.58. The lowest BCUT2D eigenvalue weighted by molar-refractivity contribution is -0.178. The molecule has 0 N–H and O–H groups in total. The van der Waals surface area contributed by atoms with Gasteiger partial charge < -0.3 is 0 Å². The lowest BCUT2D eigenvalue weighted by Crippen LogP contribution is -2.27. The number of carbonyl (C=O) groups excluding carboxylic acids is 1. The number of amides is 1. The highest BCUT2D eigenvalue weighted by atomic mass is 16.7. The van der Waals surface area contributed by atoms with E-state index in [2.05, 4.69) is 13.8 Å². The first kappa shape index (κ1) is 12.4. The summed E-state index contributed by atoms with van der Waals surface area (Å²) in [5, 5.41) is 1.37. The molecule has 0 aromatic rings. The third-order valence-corrected chi connectivity index (χ3v) is 1.88. The molecule has 0 aromatic carbocycles. The van der Waals surface area contributed by atoms with Crippen LogP contribution in [0.1, 0.15) is 46.0 Å². The lowest BCUT2D eigenvalue weighted by Gasteiger charge is -2.16. The fraction of sp³-hybridized carbons (Fsp3) is 0.900. The molecule has 0 radical (unpaired) electrons. The predicted molar refractivity (Wildman–Crippen MR) is 53.2 cm³/mol. The van der Waals surface area contributed by atoms with E-state index < -0.39 is 0 Å². The van der Waals surface area contributed by atoms with Crippen molar-refractivity contribution in [2.75, 3.05) is 13.7 Å². The number of nitrogens with zero attached hydrogens (tertiary/aromatic N) is 1. The molecule has 0 unspecified atom stereocenters. The molecule has 0 rings (SSSR count). The van der Waals surface area contributed by atoms with Crippen molar-refractivity contribution in [3.63, 3.8) is 0 Å². The Bertz CT molecular complexity index is 137. The van der Waals surface area contributed by atoms with E-state index in [4.69, 9.17) is 4.84 Å². The Morgan fingerprint density at radius 3 is 2.38 bits per heavy atom. The first-order chi connectivity index (χ1) is 6.22. The molecule has 1 amide bonds. The molecular formula is C10H21NO2. The summed E-state index contributed by atoms with van der Waals surface area (Å²) in [6, 6.07) is 0. The van der Waals surface area contributed by atoms with Gasteiger partial charge in [0.1, 0.15) is 0 Å². The molecule has 0 bridgehead atoms. The second kappa shape index (κ2) is 8.05. The summed E-state index contributed by atoms with van der Waals surface area (Å²) in [6.45, 7) is 4.82. The summed E-state index contributed by atoms with van der Waals surface area (Å²) < 4.78 is 0. The highest BCUT2D eigenvalue weighted by molar-refractivity contribution is 5.74. The molecule has 0 aliphatic rings. The summed E-state index contributed by atoms with van der Waals surface area (Å²) in [5.74, 6) is 0.0814. The largest absolute Gasteiger partial charge is 0.273 e.